The third-order valence-electron chi connectivity index (χ3n) is 4.87. The molecule has 0 saturated heterocycles. The van der Waals surface area contributed by atoms with E-state index in [0.29, 0.717) is 39.3 Å². The highest BCUT2D eigenvalue weighted by atomic mass is 32.2. The fraction of sp³-hybridized carbons (Fsp3) is 0.130. The van der Waals surface area contributed by atoms with Gasteiger partial charge in [-0.05, 0) is 23.3 Å². The van der Waals surface area contributed by atoms with Crippen LogP contribution in [0.3, 0.4) is 0 Å². The van der Waals surface area contributed by atoms with Gasteiger partial charge in [0.15, 0.2) is 0 Å². The van der Waals surface area contributed by atoms with Gasteiger partial charge in [0, 0.05) is 10.9 Å². The maximum atomic E-state index is 12.8. The third-order valence-corrected chi connectivity index (χ3v) is 6.57. The second-order valence-electron chi connectivity index (χ2n) is 6.98. The molecular formula is C23H18N4O3S2. The molecule has 3 aromatic heterocycles. The Bertz CT molecular complexity index is 1410. The minimum absolute atomic E-state index is 0.142. The van der Waals surface area contributed by atoms with Crippen LogP contribution in [-0.2, 0) is 12.2 Å². The zero-order chi connectivity index (χ0) is 21.9. The first-order chi connectivity index (χ1) is 15.7. The summed E-state index contributed by atoms with van der Waals surface area (Å²) in [6.07, 6.45) is 0.538. The molecule has 0 fully saturated rings. The van der Waals surface area contributed by atoms with Crippen LogP contribution in [0.4, 0.5) is 0 Å². The first kappa shape index (κ1) is 20.5. The summed E-state index contributed by atoms with van der Waals surface area (Å²) >= 11 is 2.81. The summed E-state index contributed by atoms with van der Waals surface area (Å²) in [5.74, 6) is 2.33. The predicted octanol–water partition coefficient (Wildman–Crippen LogP) is 4.93. The van der Waals surface area contributed by atoms with Crippen molar-refractivity contribution in [2.45, 2.75) is 17.4 Å². The highest BCUT2D eigenvalue weighted by Crippen LogP contribution is 2.31. The van der Waals surface area contributed by atoms with E-state index in [0.717, 1.165) is 22.4 Å². The van der Waals surface area contributed by atoms with Crippen molar-refractivity contribution in [1.82, 2.24) is 20.2 Å². The zero-order valence-corrected chi connectivity index (χ0v) is 18.7. The summed E-state index contributed by atoms with van der Waals surface area (Å²) in [5.41, 5.74) is 2.81. The molecule has 0 bridgehead atoms. The standard InChI is InChI=1S/C23H18N4O3S2/c1-29-16-9-7-14(8-10-16)11-19-26-27-23(30-19)32-13-18-24-21(28)20-17(12-31-22(20)25-18)15-5-3-2-4-6-15/h2-10,12H,11,13H2,1H3,(H,24,25,28). The number of aromatic nitrogens is 4. The first-order valence-electron chi connectivity index (χ1n) is 9.83. The lowest BCUT2D eigenvalue weighted by Crippen LogP contribution is -2.10. The van der Waals surface area contributed by atoms with Crippen LogP contribution in [0.2, 0.25) is 0 Å². The largest absolute Gasteiger partial charge is 0.497 e. The van der Waals surface area contributed by atoms with E-state index in [9.17, 15) is 4.79 Å². The van der Waals surface area contributed by atoms with Gasteiger partial charge in [-0.15, -0.1) is 21.5 Å². The van der Waals surface area contributed by atoms with Gasteiger partial charge in [0.05, 0.1) is 24.7 Å². The zero-order valence-electron chi connectivity index (χ0n) is 17.1. The Morgan fingerprint density at radius 3 is 2.69 bits per heavy atom. The van der Waals surface area contributed by atoms with Gasteiger partial charge in [-0.1, -0.05) is 54.2 Å². The van der Waals surface area contributed by atoms with Gasteiger partial charge in [-0.3, -0.25) is 4.79 Å². The smallest absolute Gasteiger partial charge is 0.277 e. The second-order valence-corrected chi connectivity index (χ2v) is 8.77. The molecule has 0 radical (unpaired) electrons. The molecule has 1 N–H and O–H groups in total. The second kappa shape index (κ2) is 8.97. The van der Waals surface area contributed by atoms with Gasteiger partial charge in [0.1, 0.15) is 16.4 Å². The SMILES string of the molecule is COc1ccc(Cc2nnc(SCc3nc4scc(-c5ccccc5)c4c(=O)[nH]3)o2)cc1. The van der Waals surface area contributed by atoms with Crippen LogP contribution in [-0.4, -0.2) is 27.3 Å². The number of hydrogen-bond donors (Lipinski definition) is 1. The fourth-order valence-electron chi connectivity index (χ4n) is 3.31. The van der Waals surface area contributed by atoms with Crippen LogP contribution in [0.5, 0.6) is 5.75 Å². The fourth-order valence-corrected chi connectivity index (χ4v) is 4.93. The number of rotatable bonds is 7. The molecule has 0 saturated carbocycles. The molecule has 2 aromatic carbocycles. The molecule has 0 aliphatic carbocycles. The van der Waals surface area contributed by atoms with Crippen LogP contribution in [0, 0.1) is 0 Å². The lowest BCUT2D eigenvalue weighted by Gasteiger charge is -2.01. The van der Waals surface area contributed by atoms with Crippen molar-refractivity contribution in [2.75, 3.05) is 7.11 Å². The van der Waals surface area contributed by atoms with Crippen LogP contribution in [0.15, 0.2) is 74.4 Å². The Hall–Kier alpha value is -3.43. The van der Waals surface area contributed by atoms with E-state index in [1.165, 1.54) is 23.1 Å². The summed E-state index contributed by atoms with van der Waals surface area (Å²) in [4.78, 5) is 21.0. The van der Waals surface area contributed by atoms with Crippen LogP contribution >= 0.6 is 23.1 Å². The number of hydrogen-bond acceptors (Lipinski definition) is 8. The molecule has 32 heavy (non-hydrogen) atoms. The van der Waals surface area contributed by atoms with Gasteiger partial charge in [0.2, 0.25) is 5.89 Å². The number of fused-ring (bicyclic) bond motifs is 1. The molecule has 7 nitrogen and oxygen atoms in total. The van der Waals surface area contributed by atoms with Gasteiger partial charge in [-0.2, -0.15) is 0 Å². The van der Waals surface area contributed by atoms with Gasteiger partial charge >= 0.3 is 0 Å². The number of aromatic amines is 1. The first-order valence-corrected chi connectivity index (χ1v) is 11.7. The van der Waals surface area contributed by atoms with E-state index < -0.39 is 0 Å². The summed E-state index contributed by atoms with van der Waals surface area (Å²) in [7, 11) is 1.64. The van der Waals surface area contributed by atoms with E-state index in [2.05, 4.69) is 20.2 Å². The highest BCUT2D eigenvalue weighted by molar-refractivity contribution is 7.98. The summed E-state index contributed by atoms with van der Waals surface area (Å²) in [6.45, 7) is 0. The Morgan fingerprint density at radius 2 is 1.91 bits per heavy atom. The maximum absolute atomic E-state index is 12.8. The Balaban J connectivity index is 1.29. The molecule has 0 spiro atoms. The molecular weight excluding hydrogens is 444 g/mol. The number of thiophene rings is 1. The van der Waals surface area contributed by atoms with Crippen molar-refractivity contribution in [1.29, 1.82) is 0 Å². The van der Waals surface area contributed by atoms with Crippen molar-refractivity contribution in [3.05, 3.63) is 87.6 Å². The number of ether oxygens (including phenoxy) is 1. The maximum Gasteiger partial charge on any atom is 0.277 e. The van der Waals surface area contributed by atoms with Gasteiger partial charge in [-0.25, -0.2) is 4.98 Å². The summed E-state index contributed by atoms with van der Waals surface area (Å²) in [5, 5.41) is 11.2. The molecule has 160 valence electrons. The molecule has 5 rings (SSSR count). The minimum atomic E-state index is -0.142. The monoisotopic (exact) mass is 462 g/mol. The molecule has 0 aliphatic heterocycles. The molecule has 0 amide bonds. The number of thioether (sulfide) groups is 1. The molecule has 9 heteroatoms. The van der Waals surface area contributed by atoms with E-state index in [1.54, 1.807) is 7.11 Å². The van der Waals surface area contributed by atoms with E-state index in [4.69, 9.17) is 9.15 Å². The average molecular weight is 463 g/mol. The summed E-state index contributed by atoms with van der Waals surface area (Å²) < 4.78 is 10.9. The minimum Gasteiger partial charge on any atom is -0.497 e. The summed E-state index contributed by atoms with van der Waals surface area (Å²) in [6, 6.07) is 17.6. The molecule has 5 aromatic rings. The number of H-pyrrole nitrogens is 1. The van der Waals surface area contributed by atoms with Gasteiger partial charge < -0.3 is 14.1 Å². The molecule has 3 heterocycles. The van der Waals surface area contributed by atoms with Crippen molar-refractivity contribution < 1.29 is 9.15 Å². The number of nitrogens with zero attached hydrogens (tertiary/aromatic N) is 3. The average Bonchev–Trinajstić information content (AvgIpc) is 3.46. The van der Waals surface area contributed by atoms with Crippen LogP contribution < -0.4 is 10.3 Å². The highest BCUT2D eigenvalue weighted by Gasteiger charge is 2.14. The van der Waals surface area contributed by atoms with Crippen molar-refractivity contribution >= 4 is 33.3 Å². The molecule has 0 atom stereocenters. The van der Waals surface area contributed by atoms with Crippen molar-refractivity contribution in [3.8, 4) is 16.9 Å². The van der Waals surface area contributed by atoms with Crippen molar-refractivity contribution in [2.24, 2.45) is 0 Å². The van der Waals surface area contributed by atoms with Gasteiger partial charge in [0.25, 0.3) is 10.8 Å². The lowest BCUT2D eigenvalue weighted by molar-refractivity contribution is 0.413. The van der Waals surface area contributed by atoms with E-state index >= 15 is 0 Å². The number of methoxy groups -OCH3 is 1. The Morgan fingerprint density at radius 1 is 1.09 bits per heavy atom. The molecule has 0 unspecified atom stereocenters. The topological polar surface area (TPSA) is 93.9 Å². The number of nitrogens with one attached hydrogen (secondary N) is 1. The Kier molecular flexibility index (Phi) is 5.74. The predicted molar refractivity (Wildman–Crippen MR) is 125 cm³/mol. The molecule has 0 aliphatic rings. The van der Waals surface area contributed by atoms with E-state index in [1.807, 2.05) is 60.0 Å². The Labute approximate surface area is 191 Å². The lowest BCUT2D eigenvalue weighted by atomic mass is 10.1. The van der Waals surface area contributed by atoms with Crippen LogP contribution in [0.1, 0.15) is 17.3 Å². The van der Waals surface area contributed by atoms with Crippen molar-refractivity contribution in [3.63, 3.8) is 0 Å². The van der Waals surface area contributed by atoms with E-state index in [-0.39, 0.29) is 5.56 Å². The quantitative estimate of drug-likeness (QED) is 0.343. The third kappa shape index (κ3) is 4.30. The normalized spacial score (nSPS) is 11.2. The number of benzene rings is 2. The van der Waals surface area contributed by atoms with Crippen LogP contribution in [0.25, 0.3) is 21.3 Å².